The van der Waals surface area contributed by atoms with Crippen molar-refractivity contribution in [3.63, 3.8) is 0 Å². The van der Waals surface area contributed by atoms with Crippen LogP contribution in [-0.4, -0.2) is 28.4 Å². The third kappa shape index (κ3) is 3.62. The van der Waals surface area contributed by atoms with Gasteiger partial charge in [-0.2, -0.15) is 0 Å². The highest BCUT2D eigenvalue weighted by Gasteiger charge is 2.65. The first kappa shape index (κ1) is 22.1. The van der Waals surface area contributed by atoms with Gasteiger partial charge in [-0.15, -0.1) is 6.42 Å². The minimum absolute atomic E-state index is 0.0385. The van der Waals surface area contributed by atoms with E-state index < -0.39 is 11.6 Å². The van der Waals surface area contributed by atoms with Crippen LogP contribution in [0.25, 0.3) is 0 Å². The summed E-state index contributed by atoms with van der Waals surface area (Å²) < 4.78 is 6.07. The lowest BCUT2D eigenvalue weighted by Gasteiger charge is -2.56. The molecule has 0 aromatic heterocycles. The number of aliphatic carboxylic acids is 1. The van der Waals surface area contributed by atoms with Gasteiger partial charge in [0.25, 0.3) is 0 Å². The fourth-order valence-electron chi connectivity index (χ4n) is 7.75. The Morgan fingerprint density at radius 1 is 1.16 bits per heavy atom. The quantitative estimate of drug-likeness (QED) is 0.492. The van der Waals surface area contributed by atoms with Crippen LogP contribution in [0.4, 0.5) is 0 Å². The van der Waals surface area contributed by atoms with E-state index in [1.54, 1.807) is 0 Å². The Labute approximate surface area is 185 Å². The number of hydrogen-bond acceptors (Lipinski definition) is 4. The number of rotatable bonds is 6. The monoisotopic (exact) mass is 426 g/mol. The summed E-state index contributed by atoms with van der Waals surface area (Å²) >= 11 is 0. The second kappa shape index (κ2) is 8.45. The molecule has 6 atom stereocenters. The molecule has 0 amide bonds. The molecule has 4 aliphatic carbocycles. The molecule has 3 saturated carbocycles. The predicted molar refractivity (Wildman–Crippen MR) is 116 cm³/mol. The van der Waals surface area contributed by atoms with Crippen molar-refractivity contribution in [1.29, 1.82) is 0 Å². The first-order valence-electron chi connectivity index (χ1n) is 12.0. The zero-order valence-electron chi connectivity index (χ0n) is 18.5. The fraction of sp³-hybridized carbons (Fsp3) is 0.731. The minimum atomic E-state index is -0.904. The summed E-state index contributed by atoms with van der Waals surface area (Å²) in [4.78, 5) is 35.3. The van der Waals surface area contributed by atoms with Crippen molar-refractivity contribution in [2.75, 3.05) is 0 Å². The number of carbonyl (C=O) groups is 3. The van der Waals surface area contributed by atoms with Crippen molar-refractivity contribution >= 4 is 17.7 Å². The lowest BCUT2D eigenvalue weighted by molar-refractivity contribution is -0.173. The first-order valence-corrected chi connectivity index (χ1v) is 12.0. The molecule has 0 aliphatic heterocycles. The number of hydrogen-bond donors (Lipinski definition) is 1. The van der Waals surface area contributed by atoms with Crippen molar-refractivity contribution in [2.24, 2.45) is 29.1 Å². The topological polar surface area (TPSA) is 80.7 Å². The zero-order valence-corrected chi connectivity index (χ0v) is 18.5. The maximum Gasteiger partial charge on any atom is 0.307 e. The predicted octanol–water partition coefficient (Wildman–Crippen LogP) is 4.69. The number of terminal acetylenes is 1. The van der Waals surface area contributed by atoms with Crippen molar-refractivity contribution < 1.29 is 24.2 Å². The Hall–Kier alpha value is -2.09. The van der Waals surface area contributed by atoms with E-state index in [-0.39, 0.29) is 36.4 Å². The molecule has 0 aromatic carbocycles. The number of carboxylic acid groups (broad SMARTS) is 1. The third-order valence-corrected chi connectivity index (χ3v) is 9.04. The first-order chi connectivity index (χ1) is 14.9. The van der Waals surface area contributed by atoms with Gasteiger partial charge in [-0.1, -0.05) is 18.4 Å². The molecule has 1 N–H and O–H groups in total. The molecule has 0 heterocycles. The largest absolute Gasteiger partial charge is 0.481 e. The van der Waals surface area contributed by atoms with Gasteiger partial charge in [-0.05, 0) is 87.5 Å². The average Bonchev–Trinajstić information content (AvgIpc) is 3.07. The van der Waals surface area contributed by atoms with E-state index in [1.165, 1.54) is 5.57 Å². The van der Waals surface area contributed by atoms with Crippen LogP contribution in [-0.2, 0) is 19.1 Å². The summed E-state index contributed by atoms with van der Waals surface area (Å²) in [5.74, 6) is 4.11. The molecule has 0 aromatic rings. The smallest absolute Gasteiger partial charge is 0.307 e. The number of allylic oxidation sites excluding steroid dienone is 1. The highest BCUT2D eigenvalue weighted by Crippen LogP contribution is 2.67. The summed E-state index contributed by atoms with van der Waals surface area (Å²) in [5.41, 5.74) is 0.292. The molecule has 0 radical (unpaired) electrons. The van der Waals surface area contributed by atoms with Gasteiger partial charge in [0.1, 0.15) is 0 Å². The van der Waals surface area contributed by atoms with E-state index >= 15 is 0 Å². The molecule has 4 unspecified atom stereocenters. The zero-order chi connectivity index (χ0) is 22.2. The second-order valence-electron chi connectivity index (χ2n) is 10.1. The molecule has 5 heteroatoms. The minimum Gasteiger partial charge on any atom is -0.481 e. The normalized spacial score (nSPS) is 38.8. The van der Waals surface area contributed by atoms with Crippen molar-refractivity contribution in [3.8, 4) is 12.3 Å². The summed E-state index contributed by atoms with van der Waals surface area (Å²) in [6.45, 7) is 2.18. The molecule has 168 valence electrons. The van der Waals surface area contributed by atoms with Crippen LogP contribution in [0, 0.1) is 41.4 Å². The number of carbonyl (C=O) groups excluding carboxylic acids is 2. The molecule has 3 fully saturated rings. The number of ether oxygens (including phenoxy) is 1. The van der Waals surface area contributed by atoms with Gasteiger partial charge in [-0.25, -0.2) is 0 Å². The summed E-state index contributed by atoms with van der Waals surface area (Å²) in [6.07, 6.45) is 16.7. The van der Waals surface area contributed by atoms with E-state index in [9.17, 15) is 14.4 Å². The standard InChI is InChI=1S/C26H34O5/c1-3-25-14-12-20-19-11-9-18(27)16-17(19)8-10-21(20)22(25)13-15-26(25,4-2)31-24(30)7-5-6-23(28)29/h2,16,19-22H,3,5-15H2,1H3,(H,28,29)/t19?,20?,21?,22?,25-,26-/m0/s1. The van der Waals surface area contributed by atoms with Crippen LogP contribution < -0.4 is 0 Å². The molecule has 5 nitrogen and oxygen atoms in total. The summed E-state index contributed by atoms with van der Waals surface area (Å²) in [5, 5.41) is 8.84. The van der Waals surface area contributed by atoms with Crippen molar-refractivity contribution in [3.05, 3.63) is 11.6 Å². The van der Waals surface area contributed by atoms with Crippen LogP contribution in [0.15, 0.2) is 11.6 Å². The Morgan fingerprint density at radius 3 is 2.68 bits per heavy atom. The molecule has 4 rings (SSSR count). The molecule has 0 spiro atoms. The van der Waals surface area contributed by atoms with Gasteiger partial charge >= 0.3 is 11.9 Å². The van der Waals surface area contributed by atoms with E-state index in [2.05, 4.69) is 12.8 Å². The molecular weight excluding hydrogens is 392 g/mol. The van der Waals surface area contributed by atoms with Crippen LogP contribution in [0.1, 0.15) is 84.0 Å². The fourth-order valence-corrected chi connectivity index (χ4v) is 7.75. The van der Waals surface area contributed by atoms with Gasteiger partial charge in [0.2, 0.25) is 0 Å². The SMILES string of the molecule is C#C[C@]1(OC(=O)CCCC(=O)O)CCC2C3CCC4=CC(=O)CCC4C3CC[C@@]21CC. The highest BCUT2D eigenvalue weighted by molar-refractivity contribution is 5.91. The maximum atomic E-state index is 12.6. The summed E-state index contributed by atoms with van der Waals surface area (Å²) in [6, 6.07) is 0. The Balaban J connectivity index is 1.55. The molecule has 0 saturated heterocycles. The maximum absolute atomic E-state index is 12.6. The molecular formula is C26H34O5. The van der Waals surface area contributed by atoms with Crippen molar-refractivity contribution in [1.82, 2.24) is 0 Å². The van der Waals surface area contributed by atoms with Gasteiger partial charge in [0.05, 0.1) is 0 Å². The number of fused-ring (bicyclic) bond motifs is 5. The van der Waals surface area contributed by atoms with E-state index in [0.717, 1.165) is 44.9 Å². The lowest BCUT2D eigenvalue weighted by atomic mass is 9.49. The van der Waals surface area contributed by atoms with Gasteiger partial charge < -0.3 is 9.84 Å². The Morgan fingerprint density at radius 2 is 1.97 bits per heavy atom. The van der Waals surface area contributed by atoms with Crippen LogP contribution >= 0.6 is 0 Å². The van der Waals surface area contributed by atoms with Crippen LogP contribution in [0.5, 0.6) is 0 Å². The highest BCUT2D eigenvalue weighted by atomic mass is 16.6. The molecule has 31 heavy (non-hydrogen) atoms. The van der Waals surface area contributed by atoms with Gasteiger partial charge in [0.15, 0.2) is 11.4 Å². The number of ketones is 1. The van der Waals surface area contributed by atoms with Crippen LogP contribution in [0.3, 0.4) is 0 Å². The van der Waals surface area contributed by atoms with Gasteiger partial charge in [-0.3, -0.25) is 14.4 Å². The van der Waals surface area contributed by atoms with E-state index in [0.29, 0.717) is 36.5 Å². The third-order valence-electron chi connectivity index (χ3n) is 9.04. The molecule has 0 bridgehead atoms. The average molecular weight is 427 g/mol. The molecule has 4 aliphatic rings. The van der Waals surface area contributed by atoms with Crippen LogP contribution in [0.2, 0.25) is 0 Å². The Kier molecular flexibility index (Phi) is 6.03. The Bertz CT molecular complexity index is 835. The second-order valence-corrected chi connectivity index (χ2v) is 10.1. The number of esters is 1. The lowest BCUT2D eigenvalue weighted by Crippen LogP contribution is -2.55. The van der Waals surface area contributed by atoms with Crippen molar-refractivity contribution in [2.45, 2.75) is 89.6 Å². The summed E-state index contributed by atoms with van der Waals surface area (Å²) in [7, 11) is 0. The van der Waals surface area contributed by atoms with Gasteiger partial charge in [0, 0.05) is 24.7 Å². The van der Waals surface area contributed by atoms with E-state index in [4.69, 9.17) is 16.3 Å². The number of carboxylic acids is 1. The van der Waals surface area contributed by atoms with E-state index in [1.807, 2.05) is 6.08 Å².